The van der Waals surface area contributed by atoms with Crippen LogP contribution in [0.1, 0.15) is 23.2 Å². The van der Waals surface area contributed by atoms with Gasteiger partial charge in [-0.3, -0.25) is 4.79 Å². The van der Waals surface area contributed by atoms with E-state index >= 15 is 0 Å². The summed E-state index contributed by atoms with van der Waals surface area (Å²) in [7, 11) is -3.73. The summed E-state index contributed by atoms with van der Waals surface area (Å²) in [6, 6.07) is 19.7. The summed E-state index contributed by atoms with van der Waals surface area (Å²) >= 11 is 7.80. The highest BCUT2D eigenvalue weighted by Gasteiger charge is 2.29. The number of fused-ring (bicyclic) bond motifs is 1. The van der Waals surface area contributed by atoms with Crippen molar-refractivity contribution in [2.24, 2.45) is 0 Å². The van der Waals surface area contributed by atoms with E-state index in [2.05, 4.69) is 10.3 Å². The first-order valence-electron chi connectivity index (χ1n) is 10.5. The van der Waals surface area contributed by atoms with E-state index in [-0.39, 0.29) is 15.5 Å². The van der Waals surface area contributed by atoms with Gasteiger partial charge in [-0.1, -0.05) is 23.7 Å². The summed E-state index contributed by atoms with van der Waals surface area (Å²) in [4.78, 5) is 17.4. The molecule has 0 aliphatic carbocycles. The molecule has 1 N–H and O–H groups in total. The number of para-hydroxylation sites is 1. The van der Waals surface area contributed by atoms with Crippen LogP contribution in [0.25, 0.3) is 20.8 Å². The lowest BCUT2D eigenvalue weighted by molar-refractivity contribution is 0.102. The van der Waals surface area contributed by atoms with Crippen molar-refractivity contribution in [3.8, 4) is 10.6 Å². The van der Waals surface area contributed by atoms with Crippen LogP contribution in [0.15, 0.2) is 71.6 Å². The molecule has 4 aromatic rings. The lowest BCUT2D eigenvalue weighted by Crippen LogP contribution is -2.28. The third-order valence-corrected chi connectivity index (χ3v) is 9.03. The summed E-state index contributed by atoms with van der Waals surface area (Å²) in [6.07, 6.45) is 1.65. The van der Waals surface area contributed by atoms with Gasteiger partial charge in [0.15, 0.2) is 0 Å². The molecule has 1 saturated heterocycles. The van der Waals surface area contributed by atoms with Gasteiger partial charge in [-0.05, 0) is 67.4 Å². The van der Waals surface area contributed by atoms with E-state index < -0.39 is 15.9 Å². The average molecular weight is 498 g/mol. The highest BCUT2D eigenvalue weighted by Crippen LogP contribution is 2.31. The third kappa shape index (κ3) is 4.39. The molecule has 5 rings (SSSR count). The number of rotatable bonds is 5. The van der Waals surface area contributed by atoms with Crippen LogP contribution in [0.3, 0.4) is 0 Å². The van der Waals surface area contributed by atoms with Crippen molar-refractivity contribution in [3.63, 3.8) is 0 Å². The number of thiazole rings is 1. The number of amides is 1. The molecule has 0 bridgehead atoms. The number of nitrogens with one attached hydrogen (secondary N) is 1. The molecule has 0 saturated carbocycles. The maximum absolute atomic E-state index is 12.9. The summed E-state index contributed by atoms with van der Waals surface area (Å²) in [5.41, 5.74) is 2.74. The first-order valence-corrected chi connectivity index (χ1v) is 13.1. The number of halogens is 1. The first kappa shape index (κ1) is 22.0. The Morgan fingerprint density at radius 1 is 1.00 bits per heavy atom. The summed E-state index contributed by atoms with van der Waals surface area (Å²) in [5, 5.41) is 3.84. The maximum Gasteiger partial charge on any atom is 0.255 e. The van der Waals surface area contributed by atoms with Crippen molar-refractivity contribution in [1.82, 2.24) is 9.29 Å². The van der Waals surface area contributed by atoms with E-state index in [0.717, 1.165) is 33.6 Å². The molecule has 1 aromatic heterocycles. The molecular formula is C24H20ClN3O3S2. The standard InChI is InChI=1S/C24H20ClN3O3S2/c25-19-12-9-17(15-22(19)33(30,31)28-13-3-4-14-28)23(29)26-18-10-7-16(8-11-18)24-27-20-5-1-2-6-21(20)32-24/h1-2,5-12,15H,3-4,13-14H2,(H,26,29). The minimum atomic E-state index is -3.73. The number of hydrogen-bond acceptors (Lipinski definition) is 5. The lowest BCUT2D eigenvalue weighted by atomic mass is 10.2. The third-order valence-electron chi connectivity index (χ3n) is 5.56. The monoisotopic (exact) mass is 497 g/mol. The molecule has 2 heterocycles. The molecule has 33 heavy (non-hydrogen) atoms. The van der Waals surface area contributed by atoms with Crippen LogP contribution < -0.4 is 5.32 Å². The van der Waals surface area contributed by atoms with Gasteiger partial charge in [0.25, 0.3) is 5.91 Å². The Hall–Kier alpha value is -2.78. The summed E-state index contributed by atoms with van der Waals surface area (Å²) in [5.74, 6) is -0.405. The van der Waals surface area contributed by atoms with Gasteiger partial charge < -0.3 is 5.32 Å². The summed E-state index contributed by atoms with van der Waals surface area (Å²) in [6.45, 7) is 0.937. The van der Waals surface area contributed by atoms with Crippen molar-refractivity contribution in [2.45, 2.75) is 17.7 Å². The first-order chi connectivity index (χ1) is 15.9. The van der Waals surface area contributed by atoms with E-state index in [9.17, 15) is 13.2 Å². The fraction of sp³-hybridized carbons (Fsp3) is 0.167. The molecule has 9 heteroatoms. The van der Waals surface area contributed by atoms with Gasteiger partial charge in [0.2, 0.25) is 10.0 Å². The zero-order valence-electron chi connectivity index (χ0n) is 17.5. The van der Waals surface area contributed by atoms with Crippen LogP contribution in [0.4, 0.5) is 5.69 Å². The van der Waals surface area contributed by atoms with E-state index in [1.165, 1.54) is 22.5 Å². The maximum atomic E-state index is 12.9. The predicted molar refractivity (Wildman–Crippen MR) is 132 cm³/mol. The number of carbonyl (C=O) groups excluding carboxylic acids is 1. The van der Waals surface area contributed by atoms with Crippen LogP contribution in [-0.2, 0) is 10.0 Å². The second-order valence-electron chi connectivity index (χ2n) is 7.77. The predicted octanol–water partition coefficient (Wildman–Crippen LogP) is 5.65. The molecule has 1 fully saturated rings. The number of aromatic nitrogens is 1. The summed E-state index contributed by atoms with van der Waals surface area (Å²) < 4.78 is 28.4. The number of carbonyl (C=O) groups is 1. The van der Waals surface area contributed by atoms with E-state index in [4.69, 9.17) is 11.6 Å². The Bertz CT molecular complexity index is 1410. The number of benzene rings is 3. The van der Waals surface area contributed by atoms with Crippen LogP contribution >= 0.6 is 22.9 Å². The Labute approximate surface area is 200 Å². The van der Waals surface area contributed by atoms with Crippen LogP contribution in [0.2, 0.25) is 5.02 Å². The highest BCUT2D eigenvalue weighted by molar-refractivity contribution is 7.89. The van der Waals surface area contributed by atoms with E-state index in [1.54, 1.807) is 23.5 Å². The molecule has 0 unspecified atom stereocenters. The quantitative estimate of drug-likeness (QED) is 0.386. The van der Waals surface area contributed by atoms with Gasteiger partial charge in [0.05, 0.1) is 15.2 Å². The van der Waals surface area contributed by atoms with Gasteiger partial charge in [0.1, 0.15) is 9.90 Å². The van der Waals surface area contributed by atoms with E-state index in [0.29, 0.717) is 18.8 Å². The molecule has 0 atom stereocenters. The lowest BCUT2D eigenvalue weighted by Gasteiger charge is -2.17. The zero-order valence-corrected chi connectivity index (χ0v) is 19.9. The van der Waals surface area contributed by atoms with Crippen molar-refractivity contribution in [1.29, 1.82) is 0 Å². The minimum absolute atomic E-state index is 0.0371. The molecular weight excluding hydrogens is 478 g/mol. The van der Waals surface area contributed by atoms with Crippen molar-refractivity contribution in [2.75, 3.05) is 18.4 Å². The normalized spacial score (nSPS) is 14.6. The van der Waals surface area contributed by atoms with Gasteiger partial charge in [-0.15, -0.1) is 11.3 Å². The van der Waals surface area contributed by atoms with Crippen LogP contribution in [-0.4, -0.2) is 36.7 Å². The minimum Gasteiger partial charge on any atom is -0.322 e. The molecule has 168 valence electrons. The number of nitrogens with zero attached hydrogens (tertiary/aromatic N) is 2. The number of sulfonamides is 1. The smallest absolute Gasteiger partial charge is 0.255 e. The SMILES string of the molecule is O=C(Nc1ccc(-c2nc3ccccc3s2)cc1)c1ccc(Cl)c(S(=O)(=O)N2CCCC2)c1. The molecule has 1 amide bonds. The Morgan fingerprint density at radius 2 is 1.73 bits per heavy atom. The van der Waals surface area contributed by atoms with Crippen LogP contribution in [0.5, 0.6) is 0 Å². The highest BCUT2D eigenvalue weighted by atomic mass is 35.5. The average Bonchev–Trinajstić information content (AvgIpc) is 3.50. The second-order valence-corrected chi connectivity index (χ2v) is 11.1. The zero-order chi connectivity index (χ0) is 23.0. The second kappa shape index (κ2) is 8.87. The fourth-order valence-corrected chi connectivity index (χ4v) is 6.79. The molecule has 0 spiro atoms. The Kier molecular flexibility index (Phi) is 5.92. The number of hydrogen-bond donors (Lipinski definition) is 1. The fourth-order valence-electron chi connectivity index (χ4n) is 3.80. The van der Waals surface area contributed by atoms with E-state index in [1.807, 2.05) is 36.4 Å². The molecule has 1 aliphatic rings. The Morgan fingerprint density at radius 3 is 2.45 bits per heavy atom. The Balaban J connectivity index is 1.35. The van der Waals surface area contributed by atoms with Gasteiger partial charge in [0, 0.05) is 29.9 Å². The molecule has 6 nitrogen and oxygen atoms in total. The largest absolute Gasteiger partial charge is 0.322 e. The van der Waals surface area contributed by atoms with Gasteiger partial charge >= 0.3 is 0 Å². The molecule has 0 radical (unpaired) electrons. The van der Waals surface area contributed by atoms with Crippen molar-refractivity contribution >= 4 is 54.8 Å². The number of anilines is 1. The molecule has 3 aromatic carbocycles. The van der Waals surface area contributed by atoms with Gasteiger partial charge in [-0.2, -0.15) is 4.31 Å². The van der Waals surface area contributed by atoms with Crippen molar-refractivity contribution < 1.29 is 13.2 Å². The van der Waals surface area contributed by atoms with Gasteiger partial charge in [-0.25, -0.2) is 13.4 Å². The topological polar surface area (TPSA) is 79.4 Å². The van der Waals surface area contributed by atoms with Crippen molar-refractivity contribution in [3.05, 3.63) is 77.3 Å². The molecule has 1 aliphatic heterocycles. The van der Waals surface area contributed by atoms with Crippen LogP contribution in [0, 0.1) is 0 Å².